The number of sulfone groups is 1. The number of rotatable bonds is 2. The van der Waals surface area contributed by atoms with Crippen LogP contribution in [0.25, 0.3) is 0 Å². The van der Waals surface area contributed by atoms with Crippen LogP contribution in [0.4, 0.5) is 4.79 Å². The van der Waals surface area contributed by atoms with E-state index in [-0.39, 0.29) is 11.8 Å². The quantitative estimate of drug-likeness (QED) is 0.783. The van der Waals surface area contributed by atoms with Crippen molar-refractivity contribution in [1.29, 1.82) is 0 Å². The highest BCUT2D eigenvalue weighted by molar-refractivity contribution is 7.90. The minimum atomic E-state index is -3.12. The molecule has 1 rings (SSSR count). The fourth-order valence-corrected chi connectivity index (χ4v) is 2.82. The SMILES string of the molecule is CC(C)(C)OC(=O)N1CCNCC1CS(C)(=O)=O. The van der Waals surface area contributed by atoms with Gasteiger partial charge in [0.2, 0.25) is 0 Å². The lowest BCUT2D eigenvalue weighted by molar-refractivity contribution is 0.0144. The lowest BCUT2D eigenvalue weighted by Gasteiger charge is -2.36. The van der Waals surface area contributed by atoms with Crippen molar-refractivity contribution in [1.82, 2.24) is 10.2 Å². The van der Waals surface area contributed by atoms with Gasteiger partial charge in [0.25, 0.3) is 0 Å². The summed E-state index contributed by atoms with van der Waals surface area (Å²) in [5, 5.41) is 3.09. The van der Waals surface area contributed by atoms with E-state index in [9.17, 15) is 13.2 Å². The molecule has 1 atom stereocenters. The Bertz CT molecular complexity index is 400. The van der Waals surface area contributed by atoms with Crippen LogP contribution in [0.5, 0.6) is 0 Å². The summed E-state index contributed by atoms with van der Waals surface area (Å²) in [7, 11) is -3.12. The lowest BCUT2D eigenvalue weighted by Crippen LogP contribution is -2.56. The molecular weight excluding hydrogens is 256 g/mol. The Labute approximate surface area is 109 Å². The molecule has 1 amide bonds. The minimum Gasteiger partial charge on any atom is -0.444 e. The molecule has 0 aromatic carbocycles. The second-order valence-electron chi connectivity index (χ2n) is 5.62. The molecule has 1 heterocycles. The molecule has 1 unspecified atom stereocenters. The first-order valence-electron chi connectivity index (χ1n) is 5.96. The van der Waals surface area contributed by atoms with Crippen LogP contribution in [-0.2, 0) is 14.6 Å². The minimum absolute atomic E-state index is 0.0424. The average Bonchev–Trinajstić information content (AvgIpc) is 2.12. The van der Waals surface area contributed by atoms with Gasteiger partial charge in [-0.1, -0.05) is 0 Å². The van der Waals surface area contributed by atoms with Gasteiger partial charge in [0, 0.05) is 25.9 Å². The van der Waals surface area contributed by atoms with Crippen molar-refractivity contribution < 1.29 is 17.9 Å². The molecule has 106 valence electrons. The van der Waals surface area contributed by atoms with E-state index in [1.807, 2.05) is 0 Å². The summed E-state index contributed by atoms with van der Waals surface area (Å²) >= 11 is 0. The first kappa shape index (κ1) is 15.2. The van der Waals surface area contributed by atoms with Crippen molar-refractivity contribution in [2.24, 2.45) is 0 Å². The Morgan fingerprint density at radius 2 is 2.06 bits per heavy atom. The van der Waals surface area contributed by atoms with Gasteiger partial charge in [0.05, 0.1) is 11.8 Å². The van der Waals surface area contributed by atoms with Crippen molar-refractivity contribution in [3.8, 4) is 0 Å². The maximum absolute atomic E-state index is 12.0. The molecule has 1 aliphatic heterocycles. The topological polar surface area (TPSA) is 75.7 Å². The molecule has 0 saturated carbocycles. The molecule has 1 saturated heterocycles. The van der Waals surface area contributed by atoms with Gasteiger partial charge in [0.1, 0.15) is 15.4 Å². The number of carbonyl (C=O) groups is 1. The van der Waals surface area contributed by atoms with Gasteiger partial charge >= 0.3 is 6.09 Å². The predicted octanol–water partition coefficient (Wildman–Crippen LogP) is 0.240. The van der Waals surface area contributed by atoms with Gasteiger partial charge in [0.15, 0.2) is 0 Å². The van der Waals surface area contributed by atoms with Gasteiger partial charge in [-0.2, -0.15) is 0 Å². The number of nitrogens with one attached hydrogen (secondary N) is 1. The smallest absolute Gasteiger partial charge is 0.410 e. The average molecular weight is 278 g/mol. The van der Waals surface area contributed by atoms with Gasteiger partial charge in [-0.3, -0.25) is 0 Å². The second-order valence-corrected chi connectivity index (χ2v) is 7.81. The molecule has 0 spiro atoms. The van der Waals surface area contributed by atoms with E-state index < -0.39 is 21.5 Å². The Kier molecular flexibility index (Phi) is 4.61. The lowest BCUT2D eigenvalue weighted by atomic mass is 10.2. The fraction of sp³-hybridized carbons (Fsp3) is 0.909. The summed E-state index contributed by atoms with van der Waals surface area (Å²) in [6.45, 7) is 6.97. The van der Waals surface area contributed by atoms with Crippen molar-refractivity contribution in [3.63, 3.8) is 0 Å². The first-order valence-corrected chi connectivity index (χ1v) is 8.02. The molecule has 0 radical (unpaired) electrons. The summed E-state index contributed by atoms with van der Waals surface area (Å²) in [6, 6.07) is -0.358. The summed E-state index contributed by atoms with van der Waals surface area (Å²) in [5.41, 5.74) is -0.572. The van der Waals surface area contributed by atoms with E-state index in [0.717, 1.165) is 0 Å². The molecular formula is C11H22N2O4S. The van der Waals surface area contributed by atoms with E-state index in [4.69, 9.17) is 4.74 Å². The maximum Gasteiger partial charge on any atom is 0.410 e. The van der Waals surface area contributed by atoms with Gasteiger partial charge in [-0.05, 0) is 20.8 Å². The van der Waals surface area contributed by atoms with Crippen LogP contribution in [0.3, 0.4) is 0 Å². The zero-order valence-electron chi connectivity index (χ0n) is 11.4. The van der Waals surface area contributed by atoms with Gasteiger partial charge in [-0.15, -0.1) is 0 Å². The molecule has 7 heteroatoms. The Morgan fingerprint density at radius 1 is 1.44 bits per heavy atom. The third kappa shape index (κ3) is 5.22. The van der Waals surface area contributed by atoms with Crippen LogP contribution < -0.4 is 5.32 Å². The normalized spacial score (nSPS) is 21.8. The largest absolute Gasteiger partial charge is 0.444 e. The number of amides is 1. The molecule has 0 bridgehead atoms. The predicted molar refractivity (Wildman–Crippen MR) is 69.3 cm³/mol. The van der Waals surface area contributed by atoms with Crippen LogP contribution in [-0.4, -0.2) is 62.7 Å². The van der Waals surface area contributed by atoms with Crippen LogP contribution in [0, 0.1) is 0 Å². The van der Waals surface area contributed by atoms with Crippen molar-refractivity contribution in [2.45, 2.75) is 32.4 Å². The molecule has 0 aliphatic carbocycles. The number of hydrogen-bond donors (Lipinski definition) is 1. The molecule has 18 heavy (non-hydrogen) atoms. The number of nitrogens with zero attached hydrogens (tertiary/aromatic N) is 1. The van der Waals surface area contributed by atoms with Crippen LogP contribution in [0.2, 0.25) is 0 Å². The Balaban J connectivity index is 2.73. The van der Waals surface area contributed by atoms with E-state index in [0.29, 0.717) is 19.6 Å². The number of ether oxygens (including phenoxy) is 1. The third-order valence-electron chi connectivity index (χ3n) is 2.47. The van der Waals surface area contributed by atoms with Crippen molar-refractivity contribution in [2.75, 3.05) is 31.6 Å². The Morgan fingerprint density at radius 3 is 2.56 bits per heavy atom. The highest BCUT2D eigenvalue weighted by atomic mass is 32.2. The monoisotopic (exact) mass is 278 g/mol. The standard InChI is InChI=1S/C11H22N2O4S/c1-11(2,3)17-10(14)13-6-5-12-7-9(13)8-18(4,15)16/h9,12H,5-8H2,1-4H3. The first-order chi connectivity index (χ1) is 8.08. The second kappa shape index (κ2) is 5.44. The van der Waals surface area contributed by atoms with Crippen LogP contribution >= 0.6 is 0 Å². The molecule has 0 aromatic heterocycles. The van der Waals surface area contributed by atoms with Crippen molar-refractivity contribution in [3.05, 3.63) is 0 Å². The highest BCUT2D eigenvalue weighted by Crippen LogP contribution is 2.14. The summed E-state index contributed by atoms with van der Waals surface area (Å²) in [5.74, 6) is -0.0424. The van der Waals surface area contributed by atoms with E-state index >= 15 is 0 Å². The molecule has 1 fully saturated rings. The summed E-state index contributed by atoms with van der Waals surface area (Å²) in [6.07, 6.45) is 0.729. The number of hydrogen-bond acceptors (Lipinski definition) is 5. The molecule has 0 aromatic rings. The van der Waals surface area contributed by atoms with E-state index in [1.54, 1.807) is 20.8 Å². The maximum atomic E-state index is 12.0. The van der Waals surface area contributed by atoms with Crippen LogP contribution in [0.15, 0.2) is 0 Å². The Hall–Kier alpha value is -0.820. The molecule has 6 nitrogen and oxygen atoms in total. The molecule has 1 aliphatic rings. The highest BCUT2D eigenvalue weighted by Gasteiger charge is 2.32. The zero-order valence-corrected chi connectivity index (χ0v) is 12.2. The summed E-state index contributed by atoms with van der Waals surface area (Å²) in [4.78, 5) is 13.5. The van der Waals surface area contributed by atoms with E-state index in [1.165, 1.54) is 11.2 Å². The van der Waals surface area contributed by atoms with Crippen LogP contribution in [0.1, 0.15) is 20.8 Å². The van der Waals surface area contributed by atoms with Gasteiger partial charge in [-0.25, -0.2) is 13.2 Å². The van der Waals surface area contributed by atoms with E-state index in [2.05, 4.69) is 5.32 Å². The summed E-state index contributed by atoms with van der Waals surface area (Å²) < 4.78 is 28.0. The third-order valence-corrected chi connectivity index (χ3v) is 3.46. The number of piperazine rings is 1. The van der Waals surface area contributed by atoms with Gasteiger partial charge < -0.3 is 15.0 Å². The fourth-order valence-electron chi connectivity index (χ4n) is 1.82. The van der Waals surface area contributed by atoms with Crippen molar-refractivity contribution >= 4 is 15.9 Å². The zero-order chi connectivity index (χ0) is 14.0. The molecule has 1 N–H and O–H groups in total. The number of carbonyl (C=O) groups excluding carboxylic acids is 1.